The van der Waals surface area contributed by atoms with E-state index >= 15 is 0 Å². The van der Waals surface area contributed by atoms with Gasteiger partial charge in [-0.1, -0.05) is 188 Å². The highest BCUT2D eigenvalue weighted by Gasteiger charge is 2.40. The summed E-state index contributed by atoms with van der Waals surface area (Å²) in [6.07, 6.45) is 0. The van der Waals surface area contributed by atoms with E-state index in [1.54, 1.807) is 0 Å². The minimum atomic E-state index is -0.216. The van der Waals surface area contributed by atoms with E-state index in [2.05, 4.69) is 207 Å². The molecule has 1 atom stereocenters. The molecule has 63 heavy (non-hydrogen) atoms. The van der Waals surface area contributed by atoms with Gasteiger partial charge in [0.1, 0.15) is 0 Å². The fourth-order valence-corrected chi connectivity index (χ4v) is 11.0. The topological polar surface area (TPSA) is 25.8 Å². The molecule has 1 aliphatic rings. The molecule has 0 saturated heterocycles. The average Bonchev–Trinajstić information content (AvgIpc) is 3.87. The average molecular weight is 821 g/mol. The van der Waals surface area contributed by atoms with E-state index < -0.39 is 0 Å². The lowest BCUT2D eigenvalue weighted by atomic mass is 9.74. The zero-order valence-corrected chi connectivity index (χ0v) is 35.5. The van der Waals surface area contributed by atoms with Gasteiger partial charge >= 0.3 is 0 Å². The minimum absolute atomic E-state index is 0.216. The van der Waals surface area contributed by atoms with Gasteiger partial charge in [0.05, 0.1) is 11.4 Å². The molecule has 296 valence electrons. The van der Waals surface area contributed by atoms with Gasteiger partial charge in [-0.3, -0.25) is 0 Å². The van der Waals surface area contributed by atoms with Gasteiger partial charge < -0.3 is 0 Å². The van der Waals surface area contributed by atoms with Crippen molar-refractivity contribution in [2.24, 2.45) is 0 Å². The molecule has 1 unspecified atom stereocenters. The summed E-state index contributed by atoms with van der Waals surface area (Å²) in [4.78, 5) is 10.4. The molecule has 0 amide bonds. The maximum Gasteiger partial charge on any atom is 0.160 e. The Hall–Kier alpha value is -7.72. The molecule has 0 fully saturated rings. The van der Waals surface area contributed by atoms with E-state index in [9.17, 15) is 0 Å². The number of nitrogens with zero attached hydrogens (tertiary/aromatic N) is 2. The van der Waals surface area contributed by atoms with Crippen molar-refractivity contribution in [2.45, 2.75) is 12.3 Å². The van der Waals surface area contributed by atoms with Crippen LogP contribution in [0.2, 0.25) is 0 Å². The van der Waals surface area contributed by atoms with Gasteiger partial charge in [0.15, 0.2) is 5.82 Å². The van der Waals surface area contributed by atoms with Crippen LogP contribution in [0.5, 0.6) is 0 Å². The third kappa shape index (κ3) is 6.31. The monoisotopic (exact) mass is 820 g/mol. The normalized spacial score (nSPS) is 14.2. The van der Waals surface area contributed by atoms with Gasteiger partial charge in [-0.15, -0.1) is 11.3 Å². The van der Waals surface area contributed by atoms with Crippen LogP contribution < -0.4 is 0 Å². The molecule has 0 saturated carbocycles. The Morgan fingerprint density at radius 1 is 0.349 bits per heavy atom. The first kappa shape index (κ1) is 37.1. The first-order chi connectivity index (χ1) is 31.1. The predicted molar refractivity (Wildman–Crippen MR) is 265 cm³/mol. The van der Waals surface area contributed by atoms with Crippen LogP contribution in [0.1, 0.15) is 23.6 Å². The van der Waals surface area contributed by atoms with Crippen molar-refractivity contribution in [1.82, 2.24) is 9.97 Å². The number of hydrogen-bond acceptors (Lipinski definition) is 3. The van der Waals surface area contributed by atoms with Crippen LogP contribution in [0.4, 0.5) is 0 Å². The molecule has 1 aliphatic carbocycles. The van der Waals surface area contributed by atoms with Crippen molar-refractivity contribution in [1.29, 1.82) is 0 Å². The molecule has 9 aromatic carbocycles. The van der Waals surface area contributed by atoms with Crippen molar-refractivity contribution >= 4 is 31.5 Å². The minimum Gasteiger partial charge on any atom is -0.228 e. The van der Waals surface area contributed by atoms with Crippen molar-refractivity contribution in [3.63, 3.8) is 0 Å². The maximum absolute atomic E-state index is 5.29. The van der Waals surface area contributed by atoms with Crippen LogP contribution in [0.25, 0.3) is 98.6 Å². The Morgan fingerprint density at radius 2 is 0.905 bits per heavy atom. The van der Waals surface area contributed by atoms with E-state index in [0.717, 1.165) is 44.8 Å². The smallest absolute Gasteiger partial charge is 0.160 e. The van der Waals surface area contributed by atoms with Crippen LogP contribution in [-0.2, 0) is 5.41 Å². The van der Waals surface area contributed by atoms with Crippen LogP contribution in [0.3, 0.4) is 0 Å². The third-order valence-corrected chi connectivity index (χ3v) is 14.2. The van der Waals surface area contributed by atoms with E-state index in [1.165, 1.54) is 64.7 Å². The summed E-state index contributed by atoms with van der Waals surface area (Å²) in [6.45, 7) is 2.37. The second-order valence-corrected chi connectivity index (χ2v) is 17.7. The van der Waals surface area contributed by atoms with Crippen LogP contribution in [-0.4, -0.2) is 9.97 Å². The summed E-state index contributed by atoms with van der Waals surface area (Å²) in [5, 5.41) is 2.58. The molecule has 0 radical (unpaired) electrons. The van der Waals surface area contributed by atoms with Gasteiger partial charge in [0.2, 0.25) is 0 Å². The highest BCUT2D eigenvalue weighted by molar-refractivity contribution is 7.26. The molecule has 0 aliphatic heterocycles. The zero-order valence-electron chi connectivity index (χ0n) is 34.7. The van der Waals surface area contributed by atoms with Crippen LogP contribution >= 0.6 is 11.3 Å². The van der Waals surface area contributed by atoms with E-state index in [-0.39, 0.29) is 5.41 Å². The fraction of sp³-hybridized carbons (Fsp3) is 0.0333. The maximum atomic E-state index is 5.29. The van der Waals surface area contributed by atoms with Crippen molar-refractivity contribution in [3.05, 3.63) is 241 Å². The molecule has 3 heteroatoms. The van der Waals surface area contributed by atoms with E-state index in [0.29, 0.717) is 5.82 Å². The van der Waals surface area contributed by atoms with Crippen molar-refractivity contribution in [3.8, 4) is 78.4 Å². The highest BCUT2D eigenvalue weighted by atomic mass is 32.1. The van der Waals surface area contributed by atoms with Gasteiger partial charge in [0, 0.05) is 42.3 Å². The molecule has 2 heterocycles. The lowest BCUT2D eigenvalue weighted by Gasteiger charge is -2.28. The fourth-order valence-electron chi connectivity index (χ4n) is 9.76. The van der Waals surface area contributed by atoms with Gasteiger partial charge in [-0.25, -0.2) is 9.97 Å². The van der Waals surface area contributed by atoms with Gasteiger partial charge in [0.25, 0.3) is 0 Å². The standard InChI is InChI=1S/C60H40N2S/c1-60(47-20-9-4-10-21-47)53-26-13-11-22-49(53)52-37-43(32-33-54(52)60)39-28-30-40(31-29-39)44-34-45(48-24-15-25-51-50-23-12-14-27-57(50)63-58(48)51)36-46(35-44)56-38-55(41-16-5-2-6-17-41)61-59(62-56)42-18-7-3-8-19-42/h2-38H,1H3. The van der Waals surface area contributed by atoms with Gasteiger partial charge in [-0.2, -0.15) is 0 Å². The Morgan fingerprint density at radius 3 is 1.68 bits per heavy atom. The predicted octanol–water partition coefficient (Wildman–Crippen LogP) is 16.2. The lowest BCUT2D eigenvalue weighted by Crippen LogP contribution is -2.22. The largest absolute Gasteiger partial charge is 0.228 e. The Kier molecular flexibility index (Phi) is 8.84. The SMILES string of the molecule is CC1(c2ccccc2)c2ccccc2-c2cc(-c3ccc(-c4cc(-c5cc(-c6ccccc6)nc(-c6ccccc6)n5)cc(-c5cccc6c5sc5ccccc56)c4)cc3)ccc21. The van der Waals surface area contributed by atoms with E-state index in [4.69, 9.17) is 9.97 Å². The summed E-state index contributed by atoms with van der Waals surface area (Å²) < 4.78 is 2.58. The summed E-state index contributed by atoms with van der Waals surface area (Å²) in [5.41, 5.74) is 18.3. The second kappa shape index (κ2) is 15.0. The van der Waals surface area contributed by atoms with Crippen molar-refractivity contribution < 1.29 is 0 Å². The van der Waals surface area contributed by atoms with Crippen LogP contribution in [0.15, 0.2) is 224 Å². The Bertz CT molecular complexity index is 3440. The Balaban J connectivity index is 1.00. The first-order valence-electron chi connectivity index (χ1n) is 21.6. The summed E-state index contributed by atoms with van der Waals surface area (Å²) in [7, 11) is 0. The number of aromatic nitrogens is 2. The highest BCUT2D eigenvalue weighted by Crippen LogP contribution is 2.53. The molecule has 0 N–H and O–H groups in total. The molecule has 11 aromatic rings. The number of benzene rings is 9. The first-order valence-corrected chi connectivity index (χ1v) is 22.4. The lowest BCUT2D eigenvalue weighted by molar-refractivity contribution is 0.714. The second-order valence-electron chi connectivity index (χ2n) is 16.6. The quantitative estimate of drug-likeness (QED) is 0.160. The molecule has 2 nitrogen and oxygen atoms in total. The molecule has 0 bridgehead atoms. The van der Waals surface area contributed by atoms with Gasteiger partial charge in [-0.05, 0) is 105 Å². The summed E-state index contributed by atoms with van der Waals surface area (Å²) in [5.74, 6) is 0.705. The Labute approximate surface area is 371 Å². The van der Waals surface area contributed by atoms with Crippen molar-refractivity contribution in [2.75, 3.05) is 0 Å². The number of rotatable bonds is 7. The summed E-state index contributed by atoms with van der Waals surface area (Å²) >= 11 is 1.86. The third-order valence-electron chi connectivity index (χ3n) is 13.0. The molecule has 0 spiro atoms. The number of fused-ring (bicyclic) bond motifs is 6. The zero-order chi connectivity index (χ0) is 41.9. The van der Waals surface area contributed by atoms with E-state index in [1.807, 2.05) is 35.6 Å². The summed E-state index contributed by atoms with van der Waals surface area (Å²) in [6, 6.07) is 81.3. The number of thiophene rings is 1. The molecular formula is C60H40N2S. The molecular weight excluding hydrogens is 781 g/mol. The molecule has 12 rings (SSSR count). The van der Waals surface area contributed by atoms with Crippen LogP contribution in [0, 0.1) is 0 Å². The molecule has 2 aromatic heterocycles. The number of hydrogen-bond donors (Lipinski definition) is 0.